The maximum atomic E-state index is 12.3. The van der Waals surface area contributed by atoms with Crippen molar-refractivity contribution in [1.82, 2.24) is 4.57 Å². The third kappa shape index (κ3) is 3.99. The van der Waals surface area contributed by atoms with Crippen LogP contribution in [0.1, 0.15) is 30.7 Å². The van der Waals surface area contributed by atoms with Crippen molar-refractivity contribution < 1.29 is 4.79 Å². The van der Waals surface area contributed by atoms with Crippen LogP contribution in [0.15, 0.2) is 53.1 Å². The van der Waals surface area contributed by atoms with E-state index >= 15 is 0 Å². The minimum Gasteiger partial charge on any atom is -0.401 e. The molecule has 1 aromatic carbocycles. The molecule has 3 rings (SSSR count). The van der Waals surface area contributed by atoms with Gasteiger partial charge in [-0.25, -0.2) is 0 Å². The normalized spacial score (nSPS) is 13.3. The lowest BCUT2D eigenvalue weighted by atomic mass is 10.0. The molecule has 5 N–H and O–H groups in total. The maximum absolute atomic E-state index is 12.3. The number of fused-ring (bicyclic) bond motifs is 1. The molecule has 148 valence electrons. The molecule has 29 heavy (non-hydrogen) atoms. The molecule has 0 unspecified atom stereocenters. The fourth-order valence-corrected chi connectivity index (χ4v) is 3.83. The Morgan fingerprint density at radius 2 is 2.03 bits per heavy atom. The van der Waals surface area contributed by atoms with Crippen molar-refractivity contribution in [2.24, 2.45) is 10.9 Å². The molecule has 1 aromatic heterocycles. The molecule has 0 atom stereocenters. The van der Waals surface area contributed by atoms with E-state index in [1.54, 1.807) is 6.92 Å². The largest absolute Gasteiger partial charge is 0.401 e. The molecule has 6 nitrogen and oxygen atoms in total. The number of allylic oxidation sites excluding steroid dienone is 4. The minimum atomic E-state index is -0.344. The molecule has 1 heterocycles. The lowest BCUT2D eigenvalue weighted by Crippen LogP contribution is -2.17. The second kappa shape index (κ2) is 8.86. The van der Waals surface area contributed by atoms with Crippen LogP contribution in [0.2, 0.25) is 0 Å². The van der Waals surface area contributed by atoms with Crippen LogP contribution in [0.5, 0.6) is 0 Å². The molecule has 7 heteroatoms. The summed E-state index contributed by atoms with van der Waals surface area (Å²) in [7, 11) is 0. The summed E-state index contributed by atoms with van der Waals surface area (Å²) in [5.74, 6) is -0.344. The van der Waals surface area contributed by atoms with Gasteiger partial charge in [-0.3, -0.25) is 9.93 Å². The van der Waals surface area contributed by atoms with Crippen LogP contribution in [-0.4, -0.2) is 10.5 Å². The topological polar surface area (TPSA) is 110 Å². The van der Waals surface area contributed by atoms with Gasteiger partial charge in [0.05, 0.1) is 11.3 Å². The second-order valence-corrected chi connectivity index (χ2v) is 7.24. The number of amides is 1. The molecule has 0 aliphatic heterocycles. The Labute approximate surface area is 174 Å². The first-order valence-corrected chi connectivity index (χ1v) is 10.1. The lowest BCUT2D eigenvalue weighted by Gasteiger charge is -2.12. The van der Waals surface area contributed by atoms with E-state index in [1.807, 2.05) is 42.5 Å². The lowest BCUT2D eigenvalue weighted by molar-refractivity contribution is -0.112. The Kier molecular flexibility index (Phi) is 6.27. The average molecular weight is 406 g/mol. The molecular weight excluding hydrogens is 382 g/mol. The molecule has 1 aliphatic carbocycles. The first-order valence-electron chi connectivity index (χ1n) is 9.25. The van der Waals surface area contributed by atoms with E-state index < -0.39 is 0 Å². The number of nitrogens with two attached hydrogens (primary N) is 2. The monoisotopic (exact) mass is 405 g/mol. The van der Waals surface area contributed by atoms with Crippen LogP contribution in [0.4, 0.5) is 5.69 Å². The highest BCUT2D eigenvalue weighted by Crippen LogP contribution is 2.34. The van der Waals surface area contributed by atoms with Crippen molar-refractivity contribution in [2.75, 3.05) is 5.32 Å². The van der Waals surface area contributed by atoms with E-state index in [-0.39, 0.29) is 10.8 Å². The molecule has 0 saturated heterocycles. The number of nitrogens with zero attached hydrogens (tertiary/aromatic N) is 2. The van der Waals surface area contributed by atoms with Gasteiger partial charge < -0.3 is 15.6 Å². The van der Waals surface area contributed by atoms with Gasteiger partial charge in [-0.2, -0.15) is 5.26 Å². The Bertz CT molecular complexity index is 1060. The van der Waals surface area contributed by atoms with E-state index in [4.69, 9.17) is 10.9 Å². The molecule has 0 saturated carbocycles. The molecule has 1 aliphatic rings. The van der Waals surface area contributed by atoms with E-state index in [0.717, 1.165) is 47.4 Å². The van der Waals surface area contributed by atoms with Gasteiger partial charge in [0, 0.05) is 35.6 Å². The first-order chi connectivity index (χ1) is 14.0. The third-order valence-electron chi connectivity index (χ3n) is 4.76. The number of carbonyl (C=O) groups is 1. The van der Waals surface area contributed by atoms with Gasteiger partial charge in [-0.05, 0) is 43.5 Å². The highest BCUT2D eigenvalue weighted by atomic mass is 32.2. The number of nitrogens with one attached hydrogen (secondary N) is 1. The molecular formula is C22H23N5OS. The molecule has 0 spiro atoms. The summed E-state index contributed by atoms with van der Waals surface area (Å²) < 4.78 is 2.19. The van der Waals surface area contributed by atoms with Gasteiger partial charge in [0.1, 0.15) is 11.0 Å². The predicted octanol–water partition coefficient (Wildman–Crippen LogP) is 3.91. The molecule has 0 fully saturated rings. The molecule has 2 aromatic rings. The number of hydrogen-bond donors (Lipinski definition) is 3. The Hall–Kier alpha value is -3.21. The SMILES string of the molecule is CCn1c2c(c(C#N)c1-c1ccc(NC(=O)/C(SN)=C(\C)N)cc1)C=CC=CC2. The summed E-state index contributed by atoms with van der Waals surface area (Å²) in [5, 5.41) is 18.2. The quantitative estimate of drug-likeness (QED) is 0.516. The zero-order valence-corrected chi connectivity index (χ0v) is 17.2. The fraction of sp³-hybridized carbons (Fsp3) is 0.182. The number of aromatic nitrogens is 1. The first kappa shape index (κ1) is 20.5. The van der Waals surface area contributed by atoms with Crippen LogP contribution in [0.25, 0.3) is 17.3 Å². The molecule has 1 amide bonds. The number of benzene rings is 1. The molecule has 0 bridgehead atoms. The minimum absolute atomic E-state index is 0.282. The van der Waals surface area contributed by atoms with E-state index in [2.05, 4.69) is 29.0 Å². The van der Waals surface area contributed by atoms with Crippen molar-refractivity contribution >= 4 is 29.6 Å². The van der Waals surface area contributed by atoms with Crippen molar-refractivity contribution in [3.63, 3.8) is 0 Å². The van der Waals surface area contributed by atoms with Crippen molar-refractivity contribution in [2.45, 2.75) is 26.8 Å². The van der Waals surface area contributed by atoms with Gasteiger partial charge in [0.25, 0.3) is 5.91 Å². The second-order valence-electron chi connectivity index (χ2n) is 6.59. The van der Waals surface area contributed by atoms with Crippen LogP contribution in [-0.2, 0) is 17.8 Å². The Morgan fingerprint density at radius 1 is 1.31 bits per heavy atom. The van der Waals surface area contributed by atoms with Crippen LogP contribution < -0.4 is 16.2 Å². The maximum Gasteiger partial charge on any atom is 0.265 e. The average Bonchev–Trinajstić information content (AvgIpc) is 2.83. The molecule has 0 radical (unpaired) electrons. The van der Waals surface area contributed by atoms with Crippen LogP contribution in [0.3, 0.4) is 0 Å². The summed E-state index contributed by atoms with van der Waals surface area (Å²) in [5.41, 5.74) is 11.3. The summed E-state index contributed by atoms with van der Waals surface area (Å²) in [4.78, 5) is 12.6. The van der Waals surface area contributed by atoms with E-state index in [0.29, 0.717) is 16.9 Å². The van der Waals surface area contributed by atoms with Crippen LogP contribution in [0, 0.1) is 11.3 Å². The Balaban J connectivity index is 1.98. The number of rotatable bonds is 5. The van der Waals surface area contributed by atoms with Gasteiger partial charge in [0.15, 0.2) is 0 Å². The predicted molar refractivity (Wildman–Crippen MR) is 119 cm³/mol. The summed E-state index contributed by atoms with van der Waals surface area (Å²) in [6.07, 6.45) is 8.84. The smallest absolute Gasteiger partial charge is 0.265 e. The number of anilines is 1. The van der Waals surface area contributed by atoms with Gasteiger partial charge in [-0.15, -0.1) is 0 Å². The van der Waals surface area contributed by atoms with Gasteiger partial charge >= 0.3 is 0 Å². The third-order valence-corrected chi connectivity index (χ3v) is 5.50. The zero-order valence-electron chi connectivity index (χ0n) is 16.4. The number of nitriles is 1. The summed E-state index contributed by atoms with van der Waals surface area (Å²) >= 11 is 0.823. The number of carbonyl (C=O) groups excluding carboxylic acids is 1. The van der Waals surface area contributed by atoms with Crippen molar-refractivity contribution in [3.8, 4) is 17.3 Å². The number of hydrogen-bond acceptors (Lipinski definition) is 5. The van der Waals surface area contributed by atoms with E-state index in [9.17, 15) is 10.1 Å². The van der Waals surface area contributed by atoms with Crippen LogP contribution >= 0.6 is 11.9 Å². The standard InChI is InChI=1S/C22H23N5OS/c1-3-27-19-8-6-4-5-7-17(19)18(13-23)20(27)15-9-11-16(12-10-15)26-22(28)21(29-25)14(2)24/h4-7,9-12H,3,8,24-25H2,1-2H3,(H,26,28)/b21-14-. The zero-order chi connectivity index (χ0) is 21.0. The van der Waals surface area contributed by atoms with Crippen molar-refractivity contribution in [1.29, 1.82) is 5.26 Å². The Morgan fingerprint density at radius 3 is 2.62 bits per heavy atom. The highest BCUT2D eigenvalue weighted by Gasteiger charge is 2.21. The fourth-order valence-electron chi connectivity index (χ4n) is 3.48. The van der Waals surface area contributed by atoms with E-state index in [1.165, 1.54) is 0 Å². The summed E-state index contributed by atoms with van der Waals surface area (Å²) in [6, 6.07) is 9.82. The van der Waals surface area contributed by atoms with Gasteiger partial charge in [-0.1, -0.05) is 36.4 Å². The summed E-state index contributed by atoms with van der Waals surface area (Å²) in [6.45, 7) is 4.47. The van der Waals surface area contributed by atoms with Crippen molar-refractivity contribution in [3.05, 3.63) is 69.9 Å². The van der Waals surface area contributed by atoms with Gasteiger partial charge in [0.2, 0.25) is 0 Å². The highest BCUT2D eigenvalue weighted by molar-refractivity contribution is 8.01.